The van der Waals surface area contributed by atoms with E-state index in [1.165, 1.54) is 60.7 Å². The highest BCUT2D eigenvalue weighted by Gasteiger charge is 2.64. The molecule has 0 aliphatic rings. The van der Waals surface area contributed by atoms with Gasteiger partial charge in [-0.05, 0) is 11.1 Å². The molecule has 0 aliphatic heterocycles. The van der Waals surface area contributed by atoms with Gasteiger partial charge < -0.3 is 11.5 Å². The molecule has 0 amide bonds. The first-order valence-corrected chi connectivity index (χ1v) is 9.47. The average Bonchev–Trinajstić information content (AvgIpc) is 2.52. The van der Waals surface area contributed by atoms with Crippen molar-refractivity contribution in [3.8, 4) is 0 Å². The number of hydrogen-bond donors (Lipinski definition) is 4. The topological polar surface area (TPSA) is 161 Å². The first-order chi connectivity index (χ1) is 11.0. The van der Waals surface area contributed by atoms with Crippen LogP contribution in [-0.4, -0.2) is 25.9 Å². The van der Waals surface area contributed by atoms with Gasteiger partial charge in [-0.25, -0.2) is 0 Å². The summed E-state index contributed by atoms with van der Waals surface area (Å²) in [6.45, 7) is 0. The van der Waals surface area contributed by atoms with Gasteiger partial charge in [0.1, 0.15) is 0 Å². The van der Waals surface area contributed by atoms with Crippen LogP contribution in [0.25, 0.3) is 0 Å². The molecule has 0 saturated carbocycles. The van der Waals surface area contributed by atoms with Crippen LogP contribution in [0.2, 0.25) is 0 Å². The molecular formula is C14H16N2O6S2. The quantitative estimate of drug-likeness (QED) is 0.548. The Morgan fingerprint density at radius 2 is 0.875 bits per heavy atom. The van der Waals surface area contributed by atoms with Gasteiger partial charge in [-0.3, -0.25) is 9.11 Å². The number of nitrogens with two attached hydrogens (primary N) is 2. The molecule has 2 aromatic rings. The SMILES string of the molecule is NC(c1ccccc1)(C(N)(c1ccccc1)S(=O)(=O)O)S(=O)(=O)O. The van der Waals surface area contributed by atoms with Crippen molar-refractivity contribution in [3.05, 3.63) is 71.8 Å². The lowest BCUT2D eigenvalue weighted by Crippen LogP contribution is -2.68. The van der Waals surface area contributed by atoms with Gasteiger partial charge in [0, 0.05) is 0 Å². The van der Waals surface area contributed by atoms with E-state index in [4.69, 9.17) is 11.5 Å². The molecule has 8 nitrogen and oxygen atoms in total. The van der Waals surface area contributed by atoms with Crippen LogP contribution in [0.5, 0.6) is 0 Å². The lowest BCUT2D eigenvalue weighted by molar-refractivity contribution is 0.330. The molecule has 0 aliphatic carbocycles. The van der Waals surface area contributed by atoms with E-state index in [0.29, 0.717) is 0 Å². The Kier molecular flexibility index (Phi) is 4.57. The molecule has 0 saturated heterocycles. The first kappa shape index (κ1) is 18.5. The highest BCUT2D eigenvalue weighted by molar-refractivity contribution is 7.91. The first-order valence-electron chi connectivity index (χ1n) is 6.59. The maximum absolute atomic E-state index is 12.1. The maximum Gasteiger partial charge on any atom is 0.291 e. The largest absolute Gasteiger partial charge is 0.304 e. The average molecular weight is 372 g/mol. The molecule has 0 heterocycles. The highest BCUT2D eigenvalue weighted by Crippen LogP contribution is 2.43. The molecule has 10 heteroatoms. The second-order valence-electron chi connectivity index (χ2n) is 5.15. The molecule has 0 fully saturated rings. The Labute approximate surface area is 139 Å². The van der Waals surface area contributed by atoms with Crippen molar-refractivity contribution in [3.63, 3.8) is 0 Å². The fraction of sp³-hybridized carbons (Fsp3) is 0.143. The summed E-state index contributed by atoms with van der Waals surface area (Å²) in [7, 11) is -10.6. The minimum Gasteiger partial charge on any atom is -0.304 e. The summed E-state index contributed by atoms with van der Waals surface area (Å²) in [5.41, 5.74) is 11.2. The standard InChI is InChI=1S/C14H16N2O6S2/c15-13(23(17,18)19,11-7-3-1-4-8-11)14(16,24(20,21)22)12-9-5-2-6-10-12/h1-10H,15-16H2,(H,17,18,19)(H,20,21,22). The minimum atomic E-state index is -5.29. The third-order valence-electron chi connectivity index (χ3n) is 3.77. The van der Waals surface area contributed by atoms with E-state index < -0.39 is 30.0 Å². The van der Waals surface area contributed by atoms with Gasteiger partial charge in [0.15, 0.2) is 0 Å². The summed E-state index contributed by atoms with van der Waals surface area (Å²) in [5.74, 6) is 0. The third kappa shape index (κ3) is 2.62. The van der Waals surface area contributed by atoms with Gasteiger partial charge in [0.25, 0.3) is 20.2 Å². The van der Waals surface area contributed by atoms with Gasteiger partial charge in [-0.1, -0.05) is 60.7 Å². The molecule has 2 aromatic carbocycles. The Bertz CT molecular complexity index is 852. The molecule has 0 radical (unpaired) electrons. The lowest BCUT2D eigenvalue weighted by atomic mass is 9.93. The van der Waals surface area contributed by atoms with E-state index >= 15 is 0 Å². The van der Waals surface area contributed by atoms with Gasteiger partial charge in [0.2, 0.25) is 9.74 Å². The monoisotopic (exact) mass is 372 g/mol. The third-order valence-corrected chi connectivity index (χ3v) is 6.64. The van der Waals surface area contributed by atoms with Crippen LogP contribution in [0, 0.1) is 0 Å². The fourth-order valence-corrected chi connectivity index (χ4v) is 4.98. The van der Waals surface area contributed by atoms with Crippen molar-refractivity contribution < 1.29 is 25.9 Å². The van der Waals surface area contributed by atoms with Crippen LogP contribution < -0.4 is 11.5 Å². The number of benzene rings is 2. The normalized spacial score (nSPS) is 17.7. The lowest BCUT2D eigenvalue weighted by Gasteiger charge is -2.41. The van der Waals surface area contributed by atoms with Crippen LogP contribution >= 0.6 is 0 Å². The fourth-order valence-electron chi connectivity index (χ4n) is 2.48. The zero-order valence-corrected chi connectivity index (χ0v) is 13.9. The molecule has 0 bridgehead atoms. The number of rotatable bonds is 5. The second kappa shape index (κ2) is 5.92. The van der Waals surface area contributed by atoms with Crippen LogP contribution in [0.1, 0.15) is 11.1 Å². The summed E-state index contributed by atoms with van der Waals surface area (Å²) < 4.78 is 67.9. The van der Waals surface area contributed by atoms with E-state index in [1.807, 2.05) is 0 Å². The highest BCUT2D eigenvalue weighted by atomic mass is 32.2. The molecule has 130 valence electrons. The van der Waals surface area contributed by atoms with E-state index in [1.54, 1.807) is 0 Å². The summed E-state index contributed by atoms with van der Waals surface area (Å²) in [4.78, 5) is -6.12. The molecule has 2 atom stereocenters. The van der Waals surface area contributed by atoms with E-state index in [9.17, 15) is 25.9 Å². The molecule has 2 unspecified atom stereocenters. The van der Waals surface area contributed by atoms with Crippen LogP contribution in [-0.2, 0) is 30.0 Å². The van der Waals surface area contributed by atoms with Gasteiger partial charge in [0.05, 0.1) is 0 Å². The Hall–Kier alpha value is -1.82. The summed E-state index contributed by atoms with van der Waals surface area (Å²) in [6, 6.07) is 13.3. The van der Waals surface area contributed by atoms with Crippen LogP contribution in [0.15, 0.2) is 60.7 Å². The summed E-state index contributed by atoms with van der Waals surface area (Å²) in [5, 5.41) is 0. The van der Waals surface area contributed by atoms with E-state index in [2.05, 4.69) is 0 Å². The van der Waals surface area contributed by atoms with Crippen molar-refractivity contribution in [1.82, 2.24) is 0 Å². The van der Waals surface area contributed by atoms with E-state index in [0.717, 1.165) is 0 Å². The maximum atomic E-state index is 12.1. The Balaban J connectivity index is 2.99. The van der Waals surface area contributed by atoms with Crippen molar-refractivity contribution >= 4 is 20.2 Å². The molecular weight excluding hydrogens is 356 g/mol. The molecule has 2 rings (SSSR count). The Morgan fingerprint density at radius 1 is 0.625 bits per heavy atom. The molecule has 24 heavy (non-hydrogen) atoms. The predicted octanol–water partition coefficient (Wildman–Crippen LogP) is 0.385. The van der Waals surface area contributed by atoms with Crippen molar-refractivity contribution in [2.75, 3.05) is 0 Å². The minimum absolute atomic E-state index is 0.309. The van der Waals surface area contributed by atoms with E-state index in [-0.39, 0.29) is 11.1 Å². The predicted molar refractivity (Wildman–Crippen MR) is 87.7 cm³/mol. The van der Waals surface area contributed by atoms with Crippen LogP contribution in [0.4, 0.5) is 0 Å². The number of hydrogen-bond acceptors (Lipinski definition) is 6. The molecule has 0 aromatic heterocycles. The van der Waals surface area contributed by atoms with Crippen molar-refractivity contribution in [2.45, 2.75) is 9.74 Å². The van der Waals surface area contributed by atoms with Gasteiger partial charge >= 0.3 is 0 Å². The second-order valence-corrected chi connectivity index (χ2v) is 8.34. The van der Waals surface area contributed by atoms with Crippen molar-refractivity contribution in [1.29, 1.82) is 0 Å². The zero-order valence-electron chi connectivity index (χ0n) is 12.3. The Morgan fingerprint density at radius 3 is 1.08 bits per heavy atom. The molecule has 0 spiro atoms. The molecule has 6 N–H and O–H groups in total. The summed E-state index contributed by atoms with van der Waals surface area (Å²) in [6.07, 6.45) is 0. The smallest absolute Gasteiger partial charge is 0.291 e. The van der Waals surface area contributed by atoms with Crippen molar-refractivity contribution in [2.24, 2.45) is 11.5 Å². The van der Waals surface area contributed by atoms with Gasteiger partial charge in [-0.2, -0.15) is 16.8 Å². The van der Waals surface area contributed by atoms with Gasteiger partial charge in [-0.15, -0.1) is 0 Å². The van der Waals surface area contributed by atoms with Crippen LogP contribution in [0.3, 0.4) is 0 Å². The zero-order chi connectivity index (χ0) is 18.2. The summed E-state index contributed by atoms with van der Waals surface area (Å²) >= 11 is 0.